The van der Waals surface area contributed by atoms with E-state index >= 15 is 0 Å². The predicted molar refractivity (Wildman–Crippen MR) is 69.6 cm³/mol. The first-order valence-electron chi connectivity index (χ1n) is 5.36. The van der Waals surface area contributed by atoms with E-state index in [2.05, 4.69) is 37.0 Å². The molecule has 0 saturated heterocycles. The maximum atomic E-state index is 5.84. The zero-order chi connectivity index (χ0) is 11.7. The van der Waals surface area contributed by atoms with Gasteiger partial charge in [-0.1, -0.05) is 17.2 Å². The van der Waals surface area contributed by atoms with Crippen molar-refractivity contribution in [3.05, 3.63) is 40.4 Å². The molecule has 0 fully saturated rings. The molecule has 2 nitrogen and oxygen atoms in total. The average Bonchev–Trinajstić information content (AvgIpc) is 2.64. The van der Waals surface area contributed by atoms with Crippen LogP contribution in [0.2, 0.25) is 0 Å². The van der Waals surface area contributed by atoms with Crippen LogP contribution in [0.4, 0.5) is 0 Å². The molecule has 0 bridgehead atoms. The fourth-order valence-electron chi connectivity index (χ4n) is 1.73. The van der Waals surface area contributed by atoms with Gasteiger partial charge in [-0.05, 0) is 32.9 Å². The van der Waals surface area contributed by atoms with Crippen molar-refractivity contribution in [2.45, 2.75) is 26.8 Å². The molecule has 1 aromatic heterocycles. The number of rotatable bonds is 2. The second-order valence-corrected chi connectivity index (χ2v) is 5.30. The minimum Gasteiger partial charge on any atom is -0.323 e. The molecule has 0 aliphatic rings. The Balaban J connectivity index is 2.42. The number of aromatic nitrogens is 1. The summed E-state index contributed by atoms with van der Waals surface area (Å²) in [5.74, 6) is 0. The van der Waals surface area contributed by atoms with E-state index in [1.807, 2.05) is 13.1 Å². The molecule has 1 aromatic carbocycles. The van der Waals surface area contributed by atoms with Crippen molar-refractivity contribution in [2.75, 3.05) is 0 Å². The van der Waals surface area contributed by atoms with Gasteiger partial charge < -0.3 is 5.73 Å². The molecule has 0 radical (unpaired) electrons. The Hall–Kier alpha value is -1.19. The Morgan fingerprint density at radius 1 is 1.19 bits per heavy atom. The molecule has 0 aliphatic heterocycles. The SMILES string of the molecule is Cc1cc(C)cc(-c2ncc(C(C)N)s2)c1. The molecule has 1 unspecified atom stereocenters. The summed E-state index contributed by atoms with van der Waals surface area (Å²) in [7, 11) is 0. The molecule has 0 aliphatic carbocycles. The number of benzene rings is 1. The molecule has 2 rings (SSSR count). The van der Waals surface area contributed by atoms with Gasteiger partial charge in [0.25, 0.3) is 0 Å². The third kappa shape index (κ3) is 2.31. The molecule has 0 spiro atoms. The molecule has 0 saturated carbocycles. The first-order valence-corrected chi connectivity index (χ1v) is 6.18. The van der Waals surface area contributed by atoms with Crippen molar-refractivity contribution >= 4 is 11.3 Å². The van der Waals surface area contributed by atoms with Crippen LogP contribution in [0.3, 0.4) is 0 Å². The van der Waals surface area contributed by atoms with Crippen LogP contribution in [0, 0.1) is 13.8 Å². The highest BCUT2D eigenvalue weighted by atomic mass is 32.1. The van der Waals surface area contributed by atoms with Crippen molar-refractivity contribution < 1.29 is 0 Å². The lowest BCUT2D eigenvalue weighted by Gasteiger charge is -2.01. The lowest BCUT2D eigenvalue weighted by molar-refractivity contribution is 0.835. The molecule has 2 N–H and O–H groups in total. The van der Waals surface area contributed by atoms with Crippen LogP contribution in [-0.4, -0.2) is 4.98 Å². The number of hydrogen-bond donors (Lipinski definition) is 1. The summed E-state index contributed by atoms with van der Waals surface area (Å²) in [6.45, 7) is 6.20. The van der Waals surface area contributed by atoms with Crippen molar-refractivity contribution in [3.63, 3.8) is 0 Å². The van der Waals surface area contributed by atoms with E-state index in [1.54, 1.807) is 11.3 Å². The van der Waals surface area contributed by atoms with Gasteiger partial charge in [-0.3, -0.25) is 0 Å². The fourth-order valence-corrected chi connectivity index (χ4v) is 2.58. The van der Waals surface area contributed by atoms with Crippen LogP contribution in [-0.2, 0) is 0 Å². The number of hydrogen-bond acceptors (Lipinski definition) is 3. The van der Waals surface area contributed by atoms with E-state index in [-0.39, 0.29) is 6.04 Å². The van der Waals surface area contributed by atoms with Gasteiger partial charge in [-0.15, -0.1) is 11.3 Å². The summed E-state index contributed by atoms with van der Waals surface area (Å²) in [6.07, 6.45) is 1.88. The highest BCUT2D eigenvalue weighted by molar-refractivity contribution is 7.15. The smallest absolute Gasteiger partial charge is 0.123 e. The van der Waals surface area contributed by atoms with Crippen molar-refractivity contribution in [1.82, 2.24) is 4.98 Å². The topological polar surface area (TPSA) is 38.9 Å². The van der Waals surface area contributed by atoms with Crippen LogP contribution in [0.1, 0.15) is 29.0 Å². The van der Waals surface area contributed by atoms with Crippen LogP contribution >= 0.6 is 11.3 Å². The first kappa shape index (κ1) is 11.3. The van der Waals surface area contributed by atoms with Gasteiger partial charge >= 0.3 is 0 Å². The highest BCUT2D eigenvalue weighted by Gasteiger charge is 2.08. The Morgan fingerprint density at radius 3 is 2.31 bits per heavy atom. The van der Waals surface area contributed by atoms with Crippen molar-refractivity contribution in [1.29, 1.82) is 0 Å². The molecular formula is C13H16N2S. The van der Waals surface area contributed by atoms with Crippen molar-refractivity contribution in [3.8, 4) is 10.6 Å². The summed E-state index contributed by atoms with van der Waals surface area (Å²) in [5.41, 5.74) is 9.57. The third-order valence-electron chi connectivity index (χ3n) is 2.44. The lowest BCUT2D eigenvalue weighted by atomic mass is 10.1. The molecule has 2 aromatic rings. The monoisotopic (exact) mass is 232 g/mol. The largest absolute Gasteiger partial charge is 0.323 e. The molecule has 1 heterocycles. The minimum atomic E-state index is 0.0668. The standard InChI is InChI=1S/C13H16N2S/c1-8-4-9(2)6-11(5-8)13-15-7-12(16-13)10(3)14/h4-7,10H,14H2,1-3H3. The number of nitrogens with two attached hydrogens (primary N) is 1. The third-order valence-corrected chi connectivity index (χ3v) is 3.69. The summed E-state index contributed by atoms with van der Waals surface area (Å²) < 4.78 is 0. The quantitative estimate of drug-likeness (QED) is 0.861. The zero-order valence-corrected chi connectivity index (χ0v) is 10.6. The number of nitrogens with zero attached hydrogens (tertiary/aromatic N) is 1. The van der Waals surface area contributed by atoms with Gasteiger partial charge in [-0.2, -0.15) is 0 Å². The van der Waals surface area contributed by atoms with E-state index in [9.17, 15) is 0 Å². The number of thiazole rings is 1. The minimum absolute atomic E-state index is 0.0668. The number of aryl methyl sites for hydroxylation is 2. The molecule has 1 atom stereocenters. The normalized spacial score (nSPS) is 12.8. The Labute approximate surface area is 100 Å². The van der Waals surface area contributed by atoms with Gasteiger partial charge in [-0.25, -0.2) is 4.98 Å². The molecule has 84 valence electrons. The van der Waals surface area contributed by atoms with E-state index in [0.717, 1.165) is 9.88 Å². The van der Waals surface area contributed by atoms with Gasteiger partial charge in [0.15, 0.2) is 0 Å². The second-order valence-electron chi connectivity index (χ2n) is 4.23. The second kappa shape index (κ2) is 4.36. The van der Waals surface area contributed by atoms with Crippen molar-refractivity contribution in [2.24, 2.45) is 5.73 Å². The summed E-state index contributed by atoms with van der Waals surface area (Å²) in [5, 5.41) is 1.05. The van der Waals surface area contributed by atoms with E-state index in [1.165, 1.54) is 16.7 Å². The van der Waals surface area contributed by atoms with Crippen LogP contribution in [0.5, 0.6) is 0 Å². The zero-order valence-electron chi connectivity index (χ0n) is 9.82. The van der Waals surface area contributed by atoms with Gasteiger partial charge in [0.1, 0.15) is 5.01 Å². The van der Waals surface area contributed by atoms with E-state index < -0.39 is 0 Å². The Morgan fingerprint density at radius 2 is 1.81 bits per heavy atom. The maximum absolute atomic E-state index is 5.84. The van der Waals surface area contributed by atoms with Gasteiger partial charge in [0.05, 0.1) is 0 Å². The average molecular weight is 232 g/mol. The molecule has 3 heteroatoms. The predicted octanol–water partition coefficient (Wildman–Crippen LogP) is 3.45. The maximum Gasteiger partial charge on any atom is 0.123 e. The summed E-state index contributed by atoms with van der Waals surface area (Å²) in [6, 6.07) is 6.56. The van der Waals surface area contributed by atoms with Crippen LogP contribution in [0.25, 0.3) is 10.6 Å². The summed E-state index contributed by atoms with van der Waals surface area (Å²) >= 11 is 1.68. The van der Waals surface area contributed by atoms with Gasteiger partial charge in [0, 0.05) is 22.7 Å². The Bertz CT molecular complexity index is 480. The lowest BCUT2D eigenvalue weighted by Crippen LogP contribution is -2.01. The highest BCUT2D eigenvalue weighted by Crippen LogP contribution is 2.29. The summed E-state index contributed by atoms with van der Waals surface area (Å²) in [4.78, 5) is 5.56. The molecule has 16 heavy (non-hydrogen) atoms. The fraction of sp³-hybridized carbons (Fsp3) is 0.308. The molecule has 0 amide bonds. The first-order chi connectivity index (χ1) is 7.56. The molecular weight excluding hydrogens is 216 g/mol. The Kier molecular flexibility index (Phi) is 3.08. The van der Waals surface area contributed by atoms with E-state index in [0.29, 0.717) is 0 Å². The van der Waals surface area contributed by atoms with E-state index in [4.69, 9.17) is 5.73 Å². The van der Waals surface area contributed by atoms with Crippen LogP contribution < -0.4 is 5.73 Å². The van der Waals surface area contributed by atoms with Gasteiger partial charge in [0.2, 0.25) is 0 Å². The van der Waals surface area contributed by atoms with Crippen LogP contribution in [0.15, 0.2) is 24.4 Å².